The van der Waals surface area contributed by atoms with Gasteiger partial charge < -0.3 is 10.6 Å². The highest BCUT2D eigenvalue weighted by Gasteiger charge is 2.23. The Morgan fingerprint density at radius 2 is 2.17 bits per heavy atom. The lowest BCUT2D eigenvalue weighted by Crippen LogP contribution is -2.47. The zero-order chi connectivity index (χ0) is 13.4. The Labute approximate surface area is 108 Å². The van der Waals surface area contributed by atoms with Crippen LogP contribution in [0.5, 0.6) is 0 Å². The second kappa shape index (κ2) is 8.05. The van der Waals surface area contributed by atoms with Gasteiger partial charge in [-0.25, -0.2) is 4.79 Å². The van der Waals surface area contributed by atoms with Gasteiger partial charge in [0.25, 0.3) is 0 Å². The Morgan fingerprint density at radius 3 is 2.72 bits per heavy atom. The molecule has 0 saturated carbocycles. The molecule has 0 aromatic heterocycles. The van der Waals surface area contributed by atoms with Gasteiger partial charge in [-0.2, -0.15) is 0 Å². The molecule has 0 aliphatic carbocycles. The highest BCUT2D eigenvalue weighted by Crippen LogP contribution is 2.07. The minimum Gasteiger partial charge on any atom is -0.338 e. The average Bonchev–Trinajstić information content (AvgIpc) is 2.87. The van der Waals surface area contributed by atoms with Crippen LogP contribution >= 0.6 is 0 Å². The number of likely N-dealkylation sites (N-methyl/N-ethyl adjacent to an activating group) is 1. The summed E-state index contributed by atoms with van der Waals surface area (Å²) in [7, 11) is 0. The highest BCUT2D eigenvalue weighted by molar-refractivity contribution is 5.95. The summed E-state index contributed by atoms with van der Waals surface area (Å²) in [4.78, 5) is 25.1. The van der Waals surface area contributed by atoms with Gasteiger partial charge in [0, 0.05) is 19.1 Å². The van der Waals surface area contributed by atoms with Crippen LogP contribution in [0.15, 0.2) is 0 Å². The fourth-order valence-electron chi connectivity index (χ4n) is 2.08. The van der Waals surface area contributed by atoms with Crippen LogP contribution in [0.2, 0.25) is 0 Å². The molecule has 1 aliphatic heterocycles. The van der Waals surface area contributed by atoms with Crippen LogP contribution in [0.1, 0.15) is 26.7 Å². The number of carbonyl (C=O) groups is 2. The van der Waals surface area contributed by atoms with E-state index < -0.39 is 6.03 Å². The number of nitrogens with one attached hydrogen (secondary N) is 3. The van der Waals surface area contributed by atoms with Gasteiger partial charge in [0.15, 0.2) is 0 Å². The van der Waals surface area contributed by atoms with Crippen molar-refractivity contribution in [2.45, 2.75) is 32.7 Å². The lowest BCUT2D eigenvalue weighted by atomic mass is 10.2. The number of amides is 3. The van der Waals surface area contributed by atoms with Crippen LogP contribution < -0.4 is 16.0 Å². The Bertz CT molecular complexity index is 277. The smallest absolute Gasteiger partial charge is 0.321 e. The molecule has 1 rings (SSSR count). The zero-order valence-corrected chi connectivity index (χ0v) is 11.3. The Balaban J connectivity index is 2.30. The molecule has 1 aliphatic rings. The Morgan fingerprint density at radius 1 is 1.39 bits per heavy atom. The molecular formula is C12H24N4O2. The Hall–Kier alpha value is -1.14. The highest BCUT2D eigenvalue weighted by atomic mass is 16.2. The molecule has 0 aromatic rings. The number of rotatable bonds is 6. The van der Waals surface area contributed by atoms with E-state index >= 15 is 0 Å². The van der Waals surface area contributed by atoms with E-state index in [0.717, 1.165) is 32.5 Å². The molecule has 3 N–H and O–H groups in total. The lowest BCUT2D eigenvalue weighted by molar-refractivity contribution is -0.121. The maximum atomic E-state index is 11.7. The summed E-state index contributed by atoms with van der Waals surface area (Å²) in [5.41, 5.74) is 0. The van der Waals surface area contributed by atoms with E-state index in [1.807, 2.05) is 13.8 Å². The van der Waals surface area contributed by atoms with E-state index in [0.29, 0.717) is 12.6 Å². The Kier molecular flexibility index (Phi) is 6.67. The van der Waals surface area contributed by atoms with Crippen molar-refractivity contribution >= 4 is 11.9 Å². The molecule has 1 fully saturated rings. The number of hydrogen-bond acceptors (Lipinski definition) is 4. The third-order valence-corrected chi connectivity index (χ3v) is 3.09. The number of imide groups is 1. The molecule has 104 valence electrons. The third-order valence-electron chi connectivity index (χ3n) is 3.09. The maximum Gasteiger partial charge on any atom is 0.321 e. The number of hydrogen-bond donors (Lipinski definition) is 3. The fourth-order valence-corrected chi connectivity index (χ4v) is 2.08. The molecule has 0 bridgehead atoms. The van der Waals surface area contributed by atoms with E-state index in [1.165, 1.54) is 0 Å². The van der Waals surface area contributed by atoms with Crippen LogP contribution in [0, 0.1) is 0 Å². The summed E-state index contributed by atoms with van der Waals surface area (Å²) in [5.74, 6) is -0.239. The van der Waals surface area contributed by atoms with Crippen molar-refractivity contribution in [1.29, 1.82) is 0 Å². The van der Waals surface area contributed by atoms with E-state index in [9.17, 15) is 9.59 Å². The van der Waals surface area contributed by atoms with Crippen molar-refractivity contribution in [3.05, 3.63) is 0 Å². The van der Waals surface area contributed by atoms with Crippen molar-refractivity contribution in [1.82, 2.24) is 20.9 Å². The minimum absolute atomic E-state index is 0.239. The summed E-state index contributed by atoms with van der Waals surface area (Å²) >= 11 is 0. The van der Waals surface area contributed by atoms with E-state index in [4.69, 9.17) is 0 Å². The molecule has 1 heterocycles. The molecule has 6 nitrogen and oxygen atoms in total. The molecule has 6 heteroatoms. The summed E-state index contributed by atoms with van der Waals surface area (Å²) in [6, 6.07) is 0.00176. The minimum atomic E-state index is -0.401. The second-order valence-corrected chi connectivity index (χ2v) is 4.51. The number of nitrogens with zero attached hydrogens (tertiary/aromatic N) is 1. The normalized spacial score (nSPS) is 18.9. The lowest BCUT2D eigenvalue weighted by Gasteiger charge is -2.25. The van der Waals surface area contributed by atoms with Crippen LogP contribution in [-0.4, -0.2) is 55.6 Å². The summed E-state index contributed by atoms with van der Waals surface area (Å²) < 4.78 is 0. The quantitative estimate of drug-likeness (QED) is 0.621. The van der Waals surface area contributed by atoms with Crippen molar-refractivity contribution in [3.63, 3.8) is 0 Å². The van der Waals surface area contributed by atoms with Gasteiger partial charge in [-0.3, -0.25) is 15.0 Å². The van der Waals surface area contributed by atoms with Gasteiger partial charge >= 0.3 is 6.03 Å². The maximum absolute atomic E-state index is 11.7. The zero-order valence-electron chi connectivity index (χ0n) is 11.3. The molecule has 1 unspecified atom stereocenters. The first-order valence-corrected chi connectivity index (χ1v) is 6.69. The van der Waals surface area contributed by atoms with Crippen molar-refractivity contribution in [3.8, 4) is 0 Å². The van der Waals surface area contributed by atoms with E-state index in [2.05, 4.69) is 20.9 Å². The molecule has 0 radical (unpaired) electrons. The molecule has 3 amide bonds. The van der Waals surface area contributed by atoms with E-state index in [-0.39, 0.29) is 12.5 Å². The number of urea groups is 1. The second-order valence-electron chi connectivity index (χ2n) is 4.51. The summed E-state index contributed by atoms with van der Waals surface area (Å²) in [6.07, 6.45) is 1.92. The van der Waals surface area contributed by atoms with Crippen LogP contribution in [0.3, 0.4) is 0 Å². The molecule has 0 aromatic carbocycles. The third kappa shape index (κ3) is 5.01. The fraction of sp³-hybridized carbons (Fsp3) is 0.833. The predicted molar refractivity (Wildman–Crippen MR) is 70.4 cm³/mol. The van der Waals surface area contributed by atoms with Gasteiger partial charge in [-0.05, 0) is 25.9 Å². The number of carbonyl (C=O) groups excluding carboxylic acids is 2. The van der Waals surface area contributed by atoms with Gasteiger partial charge in [-0.1, -0.05) is 13.8 Å². The van der Waals surface area contributed by atoms with Crippen LogP contribution in [0.4, 0.5) is 4.79 Å². The molecule has 1 saturated heterocycles. The van der Waals surface area contributed by atoms with Crippen LogP contribution in [0.25, 0.3) is 0 Å². The van der Waals surface area contributed by atoms with Crippen molar-refractivity contribution < 1.29 is 9.59 Å². The van der Waals surface area contributed by atoms with Gasteiger partial charge in [0.1, 0.15) is 0 Å². The first kappa shape index (κ1) is 14.9. The topological polar surface area (TPSA) is 73.5 Å². The largest absolute Gasteiger partial charge is 0.338 e. The first-order valence-electron chi connectivity index (χ1n) is 6.69. The van der Waals surface area contributed by atoms with Gasteiger partial charge in [0.05, 0.1) is 6.54 Å². The SMILES string of the molecule is CCCNC(=O)NC(=O)CN(CC)C1CCNC1. The average molecular weight is 256 g/mol. The molecule has 0 spiro atoms. The van der Waals surface area contributed by atoms with Gasteiger partial charge in [0.2, 0.25) is 5.91 Å². The molecule has 1 atom stereocenters. The summed E-state index contributed by atoms with van der Waals surface area (Å²) in [6.45, 7) is 7.60. The molecule has 18 heavy (non-hydrogen) atoms. The summed E-state index contributed by atoms with van der Waals surface area (Å²) in [5, 5.41) is 8.25. The first-order chi connectivity index (χ1) is 8.67. The van der Waals surface area contributed by atoms with Crippen molar-refractivity contribution in [2.75, 3.05) is 32.7 Å². The molecular weight excluding hydrogens is 232 g/mol. The van der Waals surface area contributed by atoms with Gasteiger partial charge in [-0.15, -0.1) is 0 Å². The van der Waals surface area contributed by atoms with E-state index in [1.54, 1.807) is 0 Å². The van der Waals surface area contributed by atoms with Crippen LogP contribution in [-0.2, 0) is 4.79 Å². The standard InChI is InChI=1S/C12H24N4O2/c1-3-6-14-12(18)15-11(17)9-16(4-2)10-5-7-13-8-10/h10,13H,3-9H2,1-2H3,(H2,14,15,17,18). The van der Waals surface area contributed by atoms with Crippen molar-refractivity contribution in [2.24, 2.45) is 0 Å². The predicted octanol–water partition coefficient (Wildman–Crippen LogP) is -0.0940. The monoisotopic (exact) mass is 256 g/mol.